The fourth-order valence-electron chi connectivity index (χ4n) is 4.81. The minimum Gasteiger partial charge on any atom is -0.384 e. The lowest BCUT2D eigenvalue weighted by Crippen LogP contribution is -2.42. The van der Waals surface area contributed by atoms with Gasteiger partial charge in [0.2, 0.25) is 0 Å². The predicted octanol–water partition coefficient (Wildman–Crippen LogP) is 6.02. The maximum atomic E-state index is 13.7. The number of ketones is 1. The number of hydrogen-bond donors (Lipinski definition) is 1. The van der Waals surface area contributed by atoms with E-state index in [0.29, 0.717) is 29.7 Å². The number of thioether (sulfide) groups is 1. The van der Waals surface area contributed by atoms with Crippen molar-refractivity contribution in [1.82, 2.24) is 0 Å². The van der Waals surface area contributed by atoms with E-state index in [4.69, 9.17) is 5.73 Å². The molecule has 0 spiro atoms. The fourth-order valence-corrected chi connectivity index (χ4v) is 6.88. The second-order valence-corrected chi connectivity index (χ2v) is 11.8. The molecule has 0 radical (unpaired) electrons. The Hall–Kier alpha value is -3.09. The number of thiophene rings is 1. The van der Waals surface area contributed by atoms with Crippen LogP contribution in [0.1, 0.15) is 50.7 Å². The number of nitro benzene ring substituents is 1. The summed E-state index contributed by atoms with van der Waals surface area (Å²) in [5.41, 5.74) is 10.1. The van der Waals surface area contributed by atoms with Crippen LogP contribution in [0, 0.1) is 33.8 Å². The molecule has 2 aromatic rings. The van der Waals surface area contributed by atoms with E-state index in [2.05, 4.69) is 13.0 Å². The van der Waals surface area contributed by atoms with Gasteiger partial charge in [-0.15, -0.1) is 23.1 Å². The Labute approximate surface area is 207 Å². The molecular formula is C25H26N4O3S2. The first-order valence-electron chi connectivity index (χ1n) is 11.0. The molecule has 1 atom stereocenters. The van der Waals surface area contributed by atoms with Crippen LogP contribution in [0.3, 0.4) is 0 Å². The van der Waals surface area contributed by atoms with Gasteiger partial charge in [0.05, 0.1) is 32.4 Å². The molecule has 0 unspecified atom stereocenters. The average molecular weight is 495 g/mol. The summed E-state index contributed by atoms with van der Waals surface area (Å²) in [6.45, 7) is 7.97. The van der Waals surface area contributed by atoms with Crippen LogP contribution in [0.25, 0.3) is 0 Å². The molecule has 0 bridgehead atoms. The molecule has 4 rings (SSSR count). The summed E-state index contributed by atoms with van der Waals surface area (Å²) in [7, 11) is 0. The van der Waals surface area contributed by atoms with Crippen LogP contribution >= 0.6 is 23.1 Å². The molecule has 34 heavy (non-hydrogen) atoms. The number of non-ortho nitro benzene ring substituents is 1. The molecular weight excluding hydrogens is 468 g/mol. The highest BCUT2D eigenvalue weighted by atomic mass is 32.2. The number of carbonyl (C=O) groups excluding carboxylic acids is 1. The number of nitrogens with two attached hydrogens (primary N) is 1. The van der Waals surface area contributed by atoms with Gasteiger partial charge in [0.25, 0.3) is 5.69 Å². The number of allylic oxidation sites excluding steroid dienone is 3. The van der Waals surface area contributed by atoms with E-state index in [1.165, 1.54) is 12.1 Å². The van der Waals surface area contributed by atoms with Gasteiger partial charge in [0, 0.05) is 29.8 Å². The number of nitriles is 1. The van der Waals surface area contributed by atoms with Crippen molar-refractivity contribution in [3.8, 4) is 6.07 Å². The largest absolute Gasteiger partial charge is 0.384 e. The van der Waals surface area contributed by atoms with Crippen molar-refractivity contribution >= 4 is 40.3 Å². The van der Waals surface area contributed by atoms with Crippen LogP contribution in [0.2, 0.25) is 0 Å². The fraction of sp³-hybridized carbons (Fsp3) is 0.360. The molecule has 1 aromatic heterocycles. The number of rotatable bonds is 5. The van der Waals surface area contributed by atoms with Gasteiger partial charge < -0.3 is 5.73 Å². The van der Waals surface area contributed by atoms with Gasteiger partial charge >= 0.3 is 0 Å². The second kappa shape index (κ2) is 8.93. The number of aryl methyl sites for hydroxylation is 1. The smallest absolute Gasteiger partial charge is 0.271 e. The van der Waals surface area contributed by atoms with Crippen molar-refractivity contribution in [3.05, 3.63) is 73.6 Å². The van der Waals surface area contributed by atoms with Crippen molar-refractivity contribution in [2.24, 2.45) is 11.1 Å². The van der Waals surface area contributed by atoms with Crippen molar-refractivity contribution in [1.29, 1.82) is 5.26 Å². The number of carbonyl (C=O) groups is 1. The van der Waals surface area contributed by atoms with Crippen LogP contribution in [0.5, 0.6) is 0 Å². The number of anilines is 1. The molecule has 1 aliphatic heterocycles. The molecule has 0 saturated heterocycles. The zero-order valence-corrected chi connectivity index (χ0v) is 21.2. The number of Topliss-reactive ketones (excluding diaryl/α,β-unsaturated/α-hetero) is 1. The van der Waals surface area contributed by atoms with Crippen molar-refractivity contribution < 1.29 is 9.72 Å². The zero-order chi connectivity index (χ0) is 24.8. The highest BCUT2D eigenvalue weighted by molar-refractivity contribution is 8.01. The van der Waals surface area contributed by atoms with Gasteiger partial charge in [-0.05, 0) is 47.1 Å². The van der Waals surface area contributed by atoms with E-state index in [9.17, 15) is 20.2 Å². The summed E-state index contributed by atoms with van der Waals surface area (Å²) in [6.07, 6.45) is 0.926. The average Bonchev–Trinajstić information content (AvgIpc) is 3.21. The highest BCUT2D eigenvalue weighted by Gasteiger charge is 2.45. The summed E-state index contributed by atoms with van der Waals surface area (Å²) in [4.78, 5) is 26.4. The zero-order valence-electron chi connectivity index (χ0n) is 19.5. The Kier molecular flexibility index (Phi) is 6.32. The first-order chi connectivity index (χ1) is 16.1. The van der Waals surface area contributed by atoms with Gasteiger partial charge in [-0.2, -0.15) is 5.26 Å². The normalized spacial score (nSPS) is 19.8. The van der Waals surface area contributed by atoms with Crippen molar-refractivity contribution in [2.45, 2.75) is 50.7 Å². The summed E-state index contributed by atoms with van der Waals surface area (Å²) in [5, 5.41) is 23.7. The Bertz CT molecular complexity index is 1300. The Morgan fingerprint density at radius 1 is 1.35 bits per heavy atom. The third-order valence-electron chi connectivity index (χ3n) is 6.27. The van der Waals surface area contributed by atoms with Crippen LogP contribution in [0.15, 0.2) is 56.5 Å². The Morgan fingerprint density at radius 3 is 2.74 bits per heavy atom. The topological polar surface area (TPSA) is 113 Å². The Morgan fingerprint density at radius 2 is 2.09 bits per heavy atom. The lowest BCUT2D eigenvalue weighted by molar-refractivity contribution is -0.384. The number of nitro groups is 1. The maximum absolute atomic E-state index is 13.7. The second-order valence-electron chi connectivity index (χ2n) is 9.30. The molecule has 2 heterocycles. The third-order valence-corrected chi connectivity index (χ3v) is 8.42. The SMILES string of the molecule is CCSc1sccc1[C@@H]1C(C#N)=C(N)N(c2cc([N+](=O)[O-])ccc2C)C2=C1C(=O)CC(C)(C)C2. The van der Waals surface area contributed by atoms with Gasteiger partial charge in [-0.3, -0.25) is 19.8 Å². The van der Waals surface area contributed by atoms with Crippen LogP contribution < -0.4 is 10.6 Å². The predicted molar refractivity (Wildman–Crippen MR) is 136 cm³/mol. The van der Waals surface area contributed by atoms with Gasteiger partial charge in [0.15, 0.2) is 5.78 Å². The van der Waals surface area contributed by atoms with Gasteiger partial charge in [0.1, 0.15) is 5.82 Å². The van der Waals surface area contributed by atoms with E-state index >= 15 is 0 Å². The molecule has 7 nitrogen and oxygen atoms in total. The van der Waals surface area contributed by atoms with E-state index in [-0.39, 0.29) is 22.7 Å². The van der Waals surface area contributed by atoms with E-state index in [1.807, 2.05) is 32.2 Å². The molecule has 176 valence electrons. The summed E-state index contributed by atoms with van der Waals surface area (Å²) in [6, 6.07) is 8.84. The summed E-state index contributed by atoms with van der Waals surface area (Å²) < 4.78 is 1.07. The summed E-state index contributed by atoms with van der Waals surface area (Å²) in [5.74, 6) is 0.536. The van der Waals surface area contributed by atoms with Gasteiger partial charge in [-0.1, -0.05) is 26.8 Å². The molecule has 0 fully saturated rings. The van der Waals surface area contributed by atoms with Crippen molar-refractivity contribution in [2.75, 3.05) is 10.7 Å². The monoisotopic (exact) mass is 494 g/mol. The first-order valence-corrected chi connectivity index (χ1v) is 12.9. The molecule has 2 aliphatic rings. The molecule has 9 heteroatoms. The van der Waals surface area contributed by atoms with Crippen LogP contribution in [-0.2, 0) is 4.79 Å². The maximum Gasteiger partial charge on any atom is 0.271 e. The first kappa shape index (κ1) is 24.0. The summed E-state index contributed by atoms with van der Waals surface area (Å²) >= 11 is 3.28. The molecule has 2 N–H and O–H groups in total. The lowest BCUT2D eigenvalue weighted by Gasteiger charge is -2.44. The van der Waals surface area contributed by atoms with Gasteiger partial charge in [-0.25, -0.2) is 0 Å². The van der Waals surface area contributed by atoms with Crippen molar-refractivity contribution in [3.63, 3.8) is 0 Å². The molecule has 0 amide bonds. The molecule has 1 aromatic carbocycles. The van der Waals surface area contributed by atoms with Crippen LogP contribution in [0.4, 0.5) is 11.4 Å². The number of benzene rings is 1. The quantitative estimate of drug-likeness (QED) is 0.307. The van der Waals surface area contributed by atoms with E-state index in [0.717, 1.165) is 26.8 Å². The number of nitrogens with zero attached hydrogens (tertiary/aromatic N) is 3. The third kappa shape index (κ3) is 4.01. The van der Waals surface area contributed by atoms with Crippen LogP contribution in [-0.4, -0.2) is 16.5 Å². The highest BCUT2D eigenvalue weighted by Crippen LogP contribution is 2.52. The van der Waals surface area contributed by atoms with E-state index < -0.39 is 10.8 Å². The number of hydrogen-bond acceptors (Lipinski definition) is 8. The molecule has 1 aliphatic carbocycles. The minimum atomic E-state index is -0.542. The standard InChI is InChI=1S/C25H26N4O3S2/c1-5-33-24-16(8-9-34-24)21-17(13-26)23(27)28(18-10-15(29(31)32)7-6-14(18)2)19-11-25(3,4)12-20(30)22(19)21/h6-10,21H,5,11-12,27H2,1-4H3/t21-/m1/s1. The Balaban J connectivity index is 2.03. The lowest BCUT2D eigenvalue weighted by atomic mass is 9.69. The minimum absolute atomic E-state index is 0.0109. The van der Waals surface area contributed by atoms with E-state index in [1.54, 1.807) is 34.1 Å². The molecule has 0 saturated carbocycles.